The summed E-state index contributed by atoms with van der Waals surface area (Å²) in [5.74, 6) is -0.853. The van der Waals surface area contributed by atoms with Crippen molar-refractivity contribution in [2.45, 2.75) is 50.0 Å². The maximum Gasteiger partial charge on any atom is 0.235 e. The Morgan fingerprint density at radius 3 is 2.84 bits per heavy atom. The summed E-state index contributed by atoms with van der Waals surface area (Å²) in [6.45, 7) is 4.27. The third-order valence-corrected chi connectivity index (χ3v) is 5.89. The predicted molar refractivity (Wildman–Crippen MR) is 87.5 cm³/mol. The summed E-state index contributed by atoms with van der Waals surface area (Å²) < 4.78 is 17.3. The molecule has 0 amide bonds. The van der Waals surface area contributed by atoms with Gasteiger partial charge in [0.25, 0.3) is 0 Å². The van der Waals surface area contributed by atoms with Gasteiger partial charge in [-0.05, 0) is 33.1 Å². The van der Waals surface area contributed by atoms with Crippen LogP contribution in [0.25, 0.3) is 5.65 Å². The van der Waals surface area contributed by atoms with Crippen LogP contribution in [0, 0.1) is 17.3 Å². The Bertz CT molecular complexity index is 1050. The van der Waals surface area contributed by atoms with Crippen LogP contribution in [0.4, 0.5) is 4.39 Å². The van der Waals surface area contributed by atoms with Gasteiger partial charge in [-0.3, -0.25) is 4.68 Å². The second-order valence-electron chi connectivity index (χ2n) is 7.69. The molecule has 0 aromatic carbocycles. The molecule has 5 rings (SSSR count). The highest BCUT2D eigenvalue weighted by atomic mass is 19.1. The second kappa shape index (κ2) is 4.45. The van der Waals surface area contributed by atoms with Crippen molar-refractivity contribution in [1.82, 2.24) is 24.4 Å². The quantitative estimate of drug-likeness (QED) is 0.721. The molecule has 0 N–H and O–H groups in total. The van der Waals surface area contributed by atoms with Gasteiger partial charge in [0.1, 0.15) is 0 Å². The molecule has 6 nitrogen and oxygen atoms in total. The fourth-order valence-electron chi connectivity index (χ4n) is 4.02. The predicted octanol–water partition coefficient (Wildman–Crippen LogP) is 2.89. The first-order valence-electron chi connectivity index (χ1n) is 8.44. The van der Waals surface area contributed by atoms with Gasteiger partial charge >= 0.3 is 0 Å². The summed E-state index contributed by atoms with van der Waals surface area (Å²) in [6.07, 6.45) is 8.50. The Balaban J connectivity index is 1.74. The maximum absolute atomic E-state index is 13.7. The van der Waals surface area contributed by atoms with Crippen molar-refractivity contribution in [3.63, 3.8) is 0 Å². The Kier molecular flexibility index (Phi) is 2.60. The third kappa shape index (κ3) is 1.85. The van der Waals surface area contributed by atoms with Gasteiger partial charge in [0, 0.05) is 35.0 Å². The average Bonchev–Trinajstić information content (AvgIpc) is 2.97. The lowest BCUT2D eigenvalue weighted by atomic mass is 9.81. The van der Waals surface area contributed by atoms with Crippen LogP contribution in [0.5, 0.6) is 0 Å². The molecule has 0 radical (unpaired) electrons. The molecule has 2 aliphatic carbocycles. The zero-order chi connectivity index (χ0) is 17.4. The van der Waals surface area contributed by atoms with Gasteiger partial charge in [-0.15, -0.1) is 5.10 Å². The fourth-order valence-corrected chi connectivity index (χ4v) is 4.02. The van der Waals surface area contributed by atoms with E-state index in [-0.39, 0.29) is 11.5 Å². The number of hydrogen-bond donors (Lipinski definition) is 0. The molecular weight excluding hydrogens is 319 g/mol. The lowest BCUT2D eigenvalue weighted by Crippen LogP contribution is -2.24. The molecule has 2 unspecified atom stereocenters. The monoisotopic (exact) mass is 336 g/mol. The summed E-state index contributed by atoms with van der Waals surface area (Å²) >= 11 is 0. The molecule has 1 fully saturated rings. The molecule has 3 aromatic heterocycles. The van der Waals surface area contributed by atoms with E-state index in [1.807, 2.05) is 10.9 Å². The van der Waals surface area contributed by atoms with Gasteiger partial charge in [0.05, 0.1) is 29.4 Å². The molecule has 2 aliphatic rings. The SMILES string of the molecule is CC1(c2cnn(C3(C)CC3)c2)CC(C#N)c2cnc3cc(F)nn3c21. The fraction of sp³-hybridized carbons (Fsp3) is 0.444. The van der Waals surface area contributed by atoms with E-state index >= 15 is 0 Å². The van der Waals surface area contributed by atoms with Crippen LogP contribution in [0.1, 0.15) is 55.8 Å². The molecule has 1 saturated carbocycles. The second-order valence-corrected chi connectivity index (χ2v) is 7.69. The average molecular weight is 336 g/mol. The van der Waals surface area contributed by atoms with Crippen molar-refractivity contribution in [3.05, 3.63) is 47.4 Å². The molecule has 0 bridgehead atoms. The molecule has 25 heavy (non-hydrogen) atoms. The van der Waals surface area contributed by atoms with E-state index in [0.29, 0.717) is 12.1 Å². The van der Waals surface area contributed by atoms with E-state index in [9.17, 15) is 9.65 Å². The number of rotatable bonds is 2. The lowest BCUT2D eigenvalue weighted by Gasteiger charge is -2.24. The van der Waals surface area contributed by atoms with Gasteiger partial charge in [0.15, 0.2) is 5.65 Å². The third-order valence-electron chi connectivity index (χ3n) is 5.89. The number of nitrogens with zero attached hydrogens (tertiary/aromatic N) is 6. The van der Waals surface area contributed by atoms with Gasteiger partial charge in [0.2, 0.25) is 5.95 Å². The molecule has 126 valence electrons. The molecule has 0 aliphatic heterocycles. The van der Waals surface area contributed by atoms with Gasteiger partial charge in [-0.2, -0.15) is 14.8 Å². The summed E-state index contributed by atoms with van der Waals surface area (Å²) in [5, 5.41) is 18.2. The minimum absolute atomic E-state index is 0.107. The lowest BCUT2D eigenvalue weighted by molar-refractivity contribution is 0.468. The Hall–Kier alpha value is -2.75. The van der Waals surface area contributed by atoms with Crippen molar-refractivity contribution < 1.29 is 4.39 Å². The van der Waals surface area contributed by atoms with Crippen LogP contribution in [0.15, 0.2) is 24.7 Å². The first kappa shape index (κ1) is 14.6. The topological polar surface area (TPSA) is 71.8 Å². The van der Waals surface area contributed by atoms with Crippen LogP contribution < -0.4 is 0 Å². The van der Waals surface area contributed by atoms with Crippen molar-refractivity contribution >= 4 is 5.65 Å². The Morgan fingerprint density at radius 2 is 2.12 bits per heavy atom. The Labute approximate surface area is 143 Å². The Morgan fingerprint density at radius 1 is 1.32 bits per heavy atom. The summed E-state index contributed by atoms with van der Waals surface area (Å²) in [5.41, 5.74) is 2.81. The summed E-state index contributed by atoms with van der Waals surface area (Å²) in [7, 11) is 0. The first-order chi connectivity index (χ1) is 11.9. The number of aromatic nitrogens is 5. The standard InChI is InChI=1S/C18H17FN6/c1-17(3-4-17)24-10-12(8-22-24)18(2)6-11(7-20)13-9-21-15-5-14(19)23-25(15)16(13)18/h5,8-11H,3-4,6H2,1-2H3. The zero-order valence-corrected chi connectivity index (χ0v) is 14.1. The van der Waals surface area contributed by atoms with Crippen molar-refractivity contribution in [2.75, 3.05) is 0 Å². The summed E-state index contributed by atoms with van der Waals surface area (Å²) in [4.78, 5) is 4.27. The molecule has 3 heterocycles. The molecule has 7 heteroatoms. The van der Waals surface area contributed by atoms with E-state index in [0.717, 1.165) is 29.7 Å². The van der Waals surface area contributed by atoms with E-state index in [4.69, 9.17) is 0 Å². The van der Waals surface area contributed by atoms with E-state index in [2.05, 4.69) is 41.3 Å². The normalized spacial score (nSPS) is 26.6. The minimum Gasteiger partial charge on any atom is -0.267 e. The number of fused-ring (bicyclic) bond motifs is 3. The molecule has 3 aromatic rings. The van der Waals surface area contributed by atoms with Gasteiger partial charge in [-0.1, -0.05) is 0 Å². The van der Waals surface area contributed by atoms with Crippen molar-refractivity contribution in [3.8, 4) is 6.07 Å². The highest BCUT2D eigenvalue weighted by molar-refractivity contribution is 5.52. The smallest absolute Gasteiger partial charge is 0.235 e. The van der Waals surface area contributed by atoms with Crippen LogP contribution in [0.3, 0.4) is 0 Å². The molecule has 2 atom stereocenters. The first-order valence-corrected chi connectivity index (χ1v) is 8.44. The van der Waals surface area contributed by atoms with Gasteiger partial charge < -0.3 is 0 Å². The number of nitriles is 1. The molecule has 0 saturated heterocycles. The van der Waals surface area contributed by atoms with Crippen molar-refractivity contribution in [2.24, 2.45) is 0 Å². The van der Waals surface area contributed by atoms with Crippen LogP contribution in [-0.2, 0) is 11.0 Å². The van der Waals surface area contributed by atoms with Crippen molar-refractivity contribution in [1.29, 1.82) is 5.26 Å². The number of hydrogen-bond acceptors (Lipinski definition) is 4. The molecular formula is C18H17FN6. The van der Waals surface area contributed by atoms with Crippen LogP contribution in [0.2, 0.25) is 0 Å². The maximum atomic E-state index is 13.7. The van der Waals surface area contributed by atoms with E-state index in [1.165, 1.54) is 6.07 Å². The van der Waals surface area contributed by atoms with E-state index < -0.39 is 11.4 Å². The molecule has 0 spiro atoms. The minimum atomic E-state index is -0.565. The largest absolute Gasteiger partial charge is 0.267 e. The van der Waals surface area contributed by atoms with E-state index in [1.54, 1.807) is 10.7 Å². The van der Waals surface area contributed by atoms with Crippen LogP contribution in [-0.4, -0.2) is 24.4 Å². The highest BCUT2D eigenvalue weighted by Crippen LogP contribution is 2.50. The highest BCUT2D eigenvalue weighted by Gasteiger charge is 2.47. The van der Waals surface area contributed by atoms with Crippen LogP contribution >= 0.6 is 0 Å². The number of halogens is 1. The summed E-state index contributed by atoms with van der Waals surface area (Å²) in [6, 6.07) is 3.68. The zero-order valence-electron chi connectivity index (χ0n) is 14.1. The van der Waals surface area contributed by atoms with Gasteiger partial charge in [-0.25, -0.2) is 9.50 Å².